The molecule has 0 radical (unpaired) electrons. The van der Waals surface area contributed by atoms with E-state index in [1.807, 2.05) is 36.7 Å². The van der Waals surface area contributed by atoms with Crippen molar-refractivity contribution in [3.05, 3.63) is 66.4 Å². The highest BCUT2D eigenvalue weighted by atomic mass is 19.1. The maximum absolute atomic E-state index is 14.3. The van der Waals surface area contributed by atoms with E-state index in [0.29, 0.717) is 11.6 Å². The summed E-state index contributed by atoms with van der Waals surface area (Å²) in [7, 11) is 0. The highest BCUT2D eigenvalue weighted by molar-refractivity contribution is 5.76. The van der Waals surface area contributed by atoms with Crippen LogP contribution in [0.25, 0.3) is 11.1 Å². The van der Waals surface area contributed by atoms with E-state index in [-0.39, 0.29) is 5.82 Å². The summed E-state index contributed by atoms with van der Waals surface area (Å²) < 4.78 is 14.3. The third-order valence-corrected chi connectivity index (χ3v) is 5.11. The van der Waals surface area contributed by atoms with Crippen LogP contribution in [-0.2, 0) is 0 Å². The van der Waals surface area contributed by atoms with E-state index in [2.05, 4.69) is 31.9 Å². The zero-order valence-electron chi connectivity index (χ0n) is 14.8. The SMILES string of the molecule is CC(c1cn[nH]c1)N1CCN(c2ncccc2-c2ccccc2F)CC1. The molecule has 0 saturated carbocycles. The Morgan fingerprint density at radius 2 is 1.81 bits per heavy atom. The van der Waals surface area contributed by atoms with Crippen molar-refractivity contribution in [3.63, 3.8) is 0 Å². The molecule has 6 heteroatoms. The highest BCUT2D eigenvalue weighted by Crippen LogP contribution is 2.32. The van der Waals surface area contributed by atoms with Gasteiger partial charge in [0.1, 0.15) is 11.6 Å². The van der Waals surface area contributed by atoms with Crippen molar-refractivity contribution >= 4 is 5.82 Å². The number of piperazine rings is 1. The minimum atomic E-state index is -0.214. The summed E-state index contributed by atoms with van der Waals surface area (Å²) in [4.78, 5) is 9.25. The molecule has 2 aromatic heterocycles. The summed E-state index contributed by atoms with van der Waals surface area (Å²) in [5, 5.41) is 6.93. The Morgan fingerprint density at radius 1 is 1.04 bits per heavy atom. The second kappa shape index (κ2) is 7.25. The van der Waals surface area contributed by atoms with Gasteiger partial charge in [0.15, 0.2) is 0 Å². The molecular formula is C20H22FN5. The Labute approximate surface area is 152 Å². The van der Waals surface area contributed by atoms with Gasteiger partial charge in [-0.05, 0) is 25.1 Å². The van der Waals surface area contributed by atoms with Crippen LogP contribution in [0.5, 0.6) is 0 Å². The van der Waals surface area contributed by atoms with Gasteiger partial charge in [0.25, 0.3) is 0 Å². The molecule has 0 amide bonds. The third kappa shape index (κ3) is 3.20. The van der Waals surface area contributed by atoms with Crippen molar-refractivity contribution in [2.45, 2.75) is 13.0 Å². The molecule has 1 fully saturated rings. The van der Waals surface area contributed by atoms with Crippen LogP contribution in [0.4, 0.5) is 10.2 Å². The standard InChI is InChI=1S/C20H22FN5/c1-15(16-13-23-24-14-16)25-9-11-26(12-10-25)20-18(6-4-8-22-20)17-5-2-3-7-19(17)21/h2-8,13-15H,9-12H2,1H3,(H,23,24). The number of benzene rings is 1. The molecule has 3 heterocycles. The van der Waals surface area contributed by atoms with E-state index in [1.165, 1.54) is 11.6 Å². The van der Waals surface area contributed by atoms with Gasteiger partial charge in [0.2, 0.25) is 0 Å². The van der Waals surface area contributed by atoms with E-state index in [1.54, 1.807) is 12.3 Å². The molecule has 0 bridgehead atoms. The fourth-order valence-electron chi connectivity index (χ4n) is 3.56. The number of rotatable bonds is 4. The molecule has 134 valence electrons. The number of aromatic nitrogens is 3. The third-order valence-electron chi connectivity index (χ3n) is 5.11. The number of hydrogen-bond donors (Lipinski definition) is 1. The first-order chi connectivity index (χ1) is 12.7. The lowest BCUT2D eigenvalue weighted by atomic mass is 10.0. The van der Waals surface area contributed by atoms with Crippen LogP contribution in [0.3, 0.4) is 0 Å². The molecule has 1 atom stereocenters. The fourth-order valence-corrected chi connectivity index (χ4v) is 3.56. The first-order valence-electron chi connectivity index (χ1n) is 8.91. The predicted molar refractivity (Wildman–Crippen MR) is 100 cm³/mol. The van der Waals surface area contributed by atoms with Crippen LogP contribution >= 0.6 is 0 Å². The molecule has 1 saturated heterocycles. The Kier molecular flexibility index (Phi) is 4.67. The monoisotopic (exact) mass is 351 g/mol. The van der Waals surface area contributed by atoms with E-state index in [9.17, 15) is 4.39 Å². The fraction of sp³-hybridized carbons (Fsp3) is 0.300. The van der Waals surface area contributed by atoms with E-state index in [4.69, 9.17) is 0 Å². The quantitative estimate of drug-likeness (QED) is 0.782. The first-order valence-corrected chi connectivity index (χ1v) is 8.91. The van der Waals surface area contributed by atoms with Crippen LogP contribution in [-0.4, -0.2) is 46.3 Å². The molecule has 5 nitrogen and oxygen atoms in total. The van der Waals surface area contributed by atoms with Crippen molar-refractivity contribution in [1.29, 1.82) is 0 Å². The van der Waals surface area contributed by atoms with Crippen molar-refractivity contribution in [3.8, 4) is 11.1 Å². The number of pyridine rings is 1. The molecule has 1 aliphatic heterocycles. The van der Waals surface area contributed by atoms with Crippen LogP contribution < -0.4 is 4.90 Å². The maximum atomic E-state index is 14.3. The van der Waals surface area contributed by atoms with Gasteiger partial charge in [0.05, 0.1) is 6.20 Å². The second-order valence-electron chi connectivity index (χ2n) is 6.59. The lowest BCUT2D eigenvalue weighted by Gasteiger charge is -2.39. The number of hydrogen-bond acceptors (Lipinski definition) is 4. The number of aromatic amines is 1. The Balaban J connectivity index is 1.53. The molecule has 1 N–H and O–H groups in total. The summed E-state index contributed by atoms with van der Waals surface area (Å²) in [6, 6.07) is 11.0. The molecule has 1 unspecified atom stereocenters. The first kappa shape index (κ1) is 16.7. The zero-order valence-corrected chi connectivity index (χ0v) is 14.8. The lowest BCUT2D eigenvalue weighted by molar-refractivity contribution is 0.198. The highest BCUT2D eigenvalue weighted by Gasteiger charge is 2.25. The molecule has 1 aromatic carbocycles. The summed E-state index contributed by atoms with van der Waals surface area (Å²) in [6.45, 7) is 5.78. The summed E-state index contributed by atoms with van der Waals surface area (Å²) in [5.74, 6) is 0.641. The van der Waals surface area contributed by atoms with Crippen molar-refractivity contribution in [2.24, 2.45) is 0 Å². The van der Waals surface area contributed by atoms with Crippen molar-refractivity contribution in [1.82, 2.24) is 20.1 Å². The molecule has 3 aromatic rings. The second-order valence-corrected chi connectivity index (χ2v) is 6.59. The van der Waals surface area contributed by atoms with Crippen molar-refractivity contribution < 1.29 is 4.39 Å². The van der Waals surface area contributed by atoms with Crippen LogP contribution in [0.15, 0.2) is 55.0 Å². The largest absolute Gasteiger partial charge is 0.354 e. The number of halogens is 1. The predicted octanol–water partition coefficient (Wildman–Crippen LogP) is 3.49. The lowest BCUT2D eigenvalue weighted by Crippen LogP contribution is -2.47. The Hall–Kier alpha value is -2.73. The molecule has 0 aliphatic carbocycles. The van der Waals surface area contributed by atoms with E-state index in [0.717, 1.165) is 37.6 Å². The van der Waals surface area contributed by atoms with Crippen LogP contribution in [0, 0.1) is 5.82 Å². The number of nitrogens with one attached hydrogen (secondary N) is 1. The van der Waals surface area contributed by atoms with Gasteiger partial charge in [-0.2, -0.15) is 5.10 Å². The van der Waals surface area contributed by atoms with Gasteiger partial charge in [0, 0.05) is 61.3 Å². The van der Waals surface area contributed by atoms with Gasteiger partial charge in [-0.1, -0.05) is 18.2 Å². The molecule has 4 rings (SSSR count). The average molecular weight is 351 g/mol. The van der Waals surface area contributed by atoms with Gasteiger partial charge >= 0.3 is 0 Å². The normalized spacial score (nSPS) is 16.6. The molecule has 0 spiro atoms. The molecule has 1 aliphatic rings. The summed E-state index contributed by atoms with van der Waals surface area (Å²) >= 11 is 0. The molecular weight excluding hydrogens is 329 g/mol. The zero-order chi connectivity index (χ0) is 17.9. The van der Waals surface area contributed by atoms with Crippen LogP contribution in [0.1, 0.15) is 18.5 Å². The maximum Gasteiger partial charge on any atom is 0.136 e. The van der Waals surface area contributed by atoms with Gasteiger partial charge in [-0.25, -0.2) is 9.37 Å². The average Bonchev–Trinajstić information content (AvgIpc) is 3.23. The minimum Gasteiger partial charge on any atom is -0.354 e. The number of nitrogens with zero attached hydrogens (tertiary/aromatic N) is 4. The summed E-state index contributed by atoms with van der Waals surface area (Å²) in [5.41, 5.74) is 2.65. The van der Waals surface area contributed by atoms with Crippen LogP contribution in [0.2, 0.25) is 0 Å². The van der Waals surface area contributed by atoms with E-state index < -0.39 is 0 Å². The van der Waals surface area contributed by atoms with Gasteiger partial charge in [-0.15, -0.1) is 0 Å². The Bertz CT molecular complexity index is 856. The number of anilines is 1. The van der Waals surface area contributed by atoms with Crippen molar-refractivity contribution in [2.75, 3.05) is 31.1 Å². The number of H-pyrrole nitrogens is 1. The summed E-state index contributed by atoms with van der Waals surface area (Å²) in [6.07, 6.45) is 5.61. The minimum absolute atomic E-state index is 0.214. The van der Waals surface area contributed by atoms with Gasteiger partial charge < -0.3 is 4.90 Å². The molecule has 26 heavy (non-hydrogen) atoms. The Morgan fingerprint density at radius 3 is 2.54 bits per heavy atom. The smallest absolute Gasteiger partial charge is 0.136 e. The topological polar surface area (TPSA) is 48.1 Å². The van der Waals surface area contributed by atoms with Gasteiger partial charge in [-0.3, -0.25) is 10.00 Å². The van der Waals surface area contributed by atoms with E-state index >= 15 is 0 Å².